The van der Waals surface area contributed by atoms with Crippen molar-refractivity contribution in [2.75, 3.05) is 0 Å². The van der Waals surface area contributed by atoms with Gasteiger partial charge in [-0.05, 0) is 30.7 Å². The van der Waals surface area contributed by atoms with Crippen LogP contribution in [0.4, 0.5) is 0 Å². The maximum absolute atomic E-state index is 9.75. The molecule has 2 heterocycles. The molecule has 0 amide bonds. The van der Waals surface area contributed by atoms with Crippen LogP contribution in [-0.4, -0.2) is 14.6 Å². The minimum absolute atomic E-state index is 0.506. The second-order valence-electron chi connectivity index (χ2n) is 5.30. The number of rotatable bonds is 1. The Morgan fingerprint density at radius 3 is 2.61 bits per heavy atom. The van der Waals surface area contributed by atoms with Crippen molar-refractivity contribution in [3.63, 3.8) is 0 Å². The Morgan fingerprint density at radius 2 is 1.87 bits per heavy atom. The van der Waals surface area contributed by atoms with Gasteiger partial charge in [0.1, 0.15) is 17.5 Å². The highest BCUT2D eigenvalue weighted by atomic mass is 35.5. The van der Waals surface area contributed by atoms with Crippen molar-refractivity contribution >= 4 is 28.2 Å². The van der Waals surface area contributed by atoms with E-state index in [1.54, 1.807) is 0 Å². The summed E-state index contributed by atoms with van der Waals surface area (Å²) in [5.74, 6) is 0.739. The smallest absolute Gasteiger partial charge is 0.179 e. The van der Waals surface area contributed by atoms with Crippen LogP contribution < -0.4 is 0 Å². The third kappa shape index (κ3) is 1.98. The van der Waals surface area contributed by atoms with Crippen molar-refractivity contribution in [3.05, 3.63) is 64.9 Å². The highest BCUT2D eigenvalue weighted by Gasteiger charge is 2.19. The first-order chi connectivity index (χ1) is 11.2. The third-order valence-corrected chi connectivity index (χ3v) is 4.18. The summed E-state index contributed by atoms with van der Waals surface area (Å²) in [6, 6.07) is 17.8. The van der Waals surface area contributed by atoms with Crippen LogP contribution in [0.3, 0.4) is 0 Å². The van der Waals surface area contributed by atoms with E-state index in [2.05, 4.69) is 16.3 Å². The van der Waals surface area contributed by atoms with Crippen LogP contribution in [0.2, 0.25) is 5.02 Å². The average Bonchev–Trinajstić information content (AvgIpc) is 2.96. The lowest BCUT2D eigenvalue weighted by atomic mass is 9.96. The fraction of sp³-hybridized carbons (Fsp3) is 0.0556. The number of fused-ring (bicyclic) bond motifs is 3. The molecule has 0 bridgehead atoms. The van der Waals surface area contributed by atoms with Crippen LogP contribution in [0.1, 0.15) is 11.4 Å². The number of halogens is 1. The van der Waals surface area contributed by atoms with Crippen LogP contribution in [0.25, 0.3) is 27.7 Å². The molecule has 4 rings (SSSR count). The normalized spacial score (nSPS) is 11.0. The highest BCUT2D eigenvalue weighted by molar-refractivity contribution is 6.31. The number of aromatic nitrogens is 3. The molecule has 0 atom stereocenters. The Bertz CT molecular complexity index is 1090. The fourth-order valence-electron chi connectivity index (χ4n) is 2.97. The van der Waals surface area contributed by atoms with E-state index in [1.807, 2.05) is 59.9 Å². The van der Waals surface area contributed by atoms with Gasteiger partial charge < -0.3 is 0 Å². The number of hydrogen-bond donors (Lipinski definition) is 0. The second kappa shape index (κ2) is 5.08. The molecule has 4 nitrogen and oxygen atoms in total. The summed E-state index contributed by atoms with van der Waals surface area (Å²) < 4.78 is 1.90. The molecule has 0 saturated heterocycles. The summed E-state index contributed by atoms with van der Waals surface area (Å²) >= 11 is 6.22. The van der Waals surface area contributed by atoms with Crippen molar-refractivity contribution in [3.8, 4) is 17.2 Å². The van der Waals surface area contributed by atoms with Gasteiger partial charge in [0, 0.05) is 16.0 Å². The molecule has 110 valence electrons. The van der Waals surface area contributed by atoms with Crippen molar-refractivity contribution < 1.29 is 0 Å². The number of pyridine rings is 1. The predicted octanol–water partition coefficient (Wildman–Crippen LogP) is 4.38. The standard InChI is InChI=1S/C18H11ClN4/c1-11-21-22-18-15(10-20)17(12-5-3-2-4-6-12)14-9-13(19)7-8-16(14)23(11)18/h2-9H,1H3. The van der Waals surface area contributed by atoms with E-state index in [9.17, 15) is 5.26 Å². The number of aryl methyl sites for hydroxylation is 1. The first-order valence-electron chi connectivity index (χ1n) is 7.13. The number of hydrogen-bond acceptors (Lipinski definition) is 3. The Labute approximate surface area is 137 Å². The maximum Gasteiger partial charge on any atom is 0.179 e. The van der Waals surface area contributed by atoms with Gasteiger partial charge in [-0.2, -0.15) is 5.26 Å². The topological polar surface area (TPSA) is 54.0 Å². The van der Waals surface area contributed by atoms with Gasteiger partial charge in [-0.3, -0.25) is 4.40 Å². The molecule has 23 heavy (non-hydrogen) atoms. The minimum Gasteiger partial charge on any atom is -0.278 e. The van der Waals surface area contributed by atoms with Crippen LogP contribution in [0, 0.1) is 18.3 Å². The summed E-state index contributed by atoms with van der Waals surface area (Å²) in [6.07, 6.45) is 0. The quantitative estimate of drug-likeness (QED) is 0.523. The first kappa shape index (κ1) is 13.7. The first-order valence-corrected chi connectivity index (χ1v) is 7.51. The monoisotopic (exact) mass is 318 g/mol. The second-order valence-corrected chi connectivity index (χ2v) is 5.73. The van der Waals surface area contributed by atoms with Crippen molar-refractivity contribution in [2.45, 2.75) is 6.92 Å². The molecule has 2 aromatic heterocycles. The molecule has 0 aliphatic rings. The molecule has 0 aliphatic carbocycles. The zero-order valence-electron chi connectivity index (χ0n) is 12.3. The Hall–Kier alpha value is -2.90. The van der Waals surface area contributed by atoms with Crippen molar-refractivity contribution in [2.24, 2.45) is 0 Å². The molecule has 0 aliphatic heterocycles. The maximum atomic E-state index is 9.75. The predicted molar refractivity (Wildman–Crippen MR) is 90.4 cm³/mol. The van der Waals surface area contributed by atoms with Crippen molar-refractivity contribution in [1.82, 2.24) is 14.6 Å². The van der Waals surface area contributed by atoms with Gasteiger partial charge >= 0.3 is 0 Å². The van der Waals surface area contributed by atoms with Gasteiger partial charge in [0.2, 0.25) is 0 Å². The highest BCUT2D eigenvalue weighted by Crippen LogP contribution is 2.35. The molecule has 0 saturated carbocycles. The number of benzene rings is 2. The fourth-order valence-corrected chi connectivity index (χ4v) is 3.15. The molecule has 0 N–H and O–H groups in total. The third-order valence-electron chi connectivity index (χ3n) is 3.94. The van der Waals surface area contributed by atoms with E-state index in [-0.39, 0.29) is 0 Å². The molecule has 0 radical (unpaired) electrons. The zero-order chi connectivity index (χ0) is 16.0. The average molecular weight is 319 g/mol. The Morgan fingerprint density at radius 1 is 1.09 bits per heavy atom. The van der Waals surface area contributed by atoms with Gasteiger partial charge in [-0.1, -0.05) is 41.9 Å². The molecule has 5 heteroatoms. The molecule has 0 fully saturated rings. The van der Waals surface area contributed by atoms with E-state index in [0.29, 0.717) is 16.2 Å². The van der Waals surface area contributed by atoms with Crippen LogP contribution >= 0.6 is 11.6 Å². The van der Waals surface area contributed by atoms with E-state index >= 15 is 0 Å². The van der Waals surface area contributed by atoms with Crippen molar-refractivity contribution in [1.29, 1.82) is 5.26 Å². The van der Waals surface area contributed by atoms with Gasteiger partial charge in [0.15, 0.2) is 5.65 Å². The summed E-state index contributed by atoms with van der Waals surface area (Å²) in [4.78, 5) is 0. The molecular weight excluding hydrogens is 308 g/mol. The molecular formula is C18H11ClN4. The van der Waals surface area contributed by atoms with Crippen LogP contribution in [0.5, 0.6) is 0 Å². The SMILES string of the molecule is Cc1nnc2c(C#N)c(-c3ccccc3)c3cc(Cl)ccc3n12. The van der Waals surface area contributed by atoms with Gasteiger partial charge in [-0.15, -0.1) is 10.2 Å². The van der Waals surface area contributed by atoms with Gasteiger partial charge in [0.25, 0.3) is 0 Å². The van der Waals surface area contributed by atoms with Gasteiger partial charge in [-0.25, -0.2) is 0 Å². The lowest BCUT2D eigenvalue weighted by molar-refractivity contribution is 1.02. The number of nitrogens with zero attached hydrogens (tertiary/aromatic N) is 4. The number of nitriles is 1. The molecule has 0 spiro atoms. The Kier molecular flexibility index (Phi) is 3.03. The van der Waals surface area contributed by atoms with E-state index < -0.39 is 0 Å². The van der Waals surface area contributed by atoms with Crippen LogP contribution in [-0.2, 0) is 0 Å². The molecule has 0 unspecified atom stereocenters. The minimum atomic E-state index is 0.506. The van der Waals surface area contributed by atoms with Crippen LogP contribution in [0.15, 0.2) is 48.5 Å². The Balaban J connectivity index is 2.31. The lowest BCUT2D eigenvalue weighted by Gasteiger charge is -2.12. The summed E-state index contributed by atoms with van der Waals surface area (Å²) in [6.45, 7) is 1.87. The van der Waals surface area contributed by atoms with E-state index in [4.69, 9.17) is 11.6 Å². The summed E-state index contributed by atoms with van der Waals surface area (Å²) in [5.41, 5.74) is 3.81. The van der Waals surface area contributed by atoms with E-state index in [0.717, 1.165) is 27.9 Å². The van der Waals surface area contributed by atoms with Gasteiger partial charge in [0.05, 0.1) is 5.52 Å². The largest absolute Gasteiger partial charge is 0.278 e. The summed E-state index contributed by atoms with van der Waals surface area (Å²) in [5, 5.41) is 19.6. The molecule has 2 aromatic carbocycles. The van der Waals surface area contributed by atoms with E-state index in [1.165, 1.54) is 0 Å². The molecule has 4 aromatic rings. The zero-order valence-corrected chi connectivity index (χ0v) is 13.0. The lowest BCUT2D eigenvalue weighted by Crippen LogP contribution is -1.98. The summed E-state index contributed by atoms with van der Waals surface area (Å²) in [7, 11) is 0.